The lowest BCUT2D eigenvalue weighted by atomic mass is 9.74. The Hall–Kier alpha value is -3.49. The number of likely N-dealkylation sites (tertiary alicyclic amines) is 1. The number of nitrogens with zero attached hydrogens (tertiary/aromatic N) is 3. The Kier molecular flexibility index (Phi) is 5.92. The van der Waals surface area contributed by atoms with Gasteiger partial charge in [-0.2, -0.15) is 0 Å². The number of anilines is 1. The summed E-state index contributed by atoms with van der Waals surface area (Å²) in [5.74, 6) is -2.18. The van der Waals surface area contributed by atoms with E-state index in [9.17, 15) is 19.5 Å². The molecule has 2 fully saturated rings. The van der Waals surface area contributed by atoms with Crippen LogP contribution in [0.15, 0.2) is 66.8 Å². The summed E-state index contributed by atoms with van der Waals surface area (Å²) < 4.78 is 6.80. The highest BCUT2D eigenvalue weighted by Crippen LogP contribution is 2.57. The van der Waals surface area contributed by atoms with Crippen LogP contribution in [0, 0.1) is 11.8 Å². The molecule has 8 heteroatoms. The number of benzene rings is 2. The van der Waals surface area contributed by atoms with Gasteiger partial charge >= 0.3 is 0 Å². The quantitative estimate of drug-likeness (QED) is 0.488. The summed E-state index contributed by atoms with van der Waals surface area (Å²) in [6.45, 7) is 2.93. The Bertz CT molecular complexity index is 1370. The number of unbranched alkanes of at least 4 members (excludes halogenated alkanes) is 1. The first-order valence-electron chi connectivity index (χ1n) is 13.3. The van der Waals surface area contributed by atoms with Crippen LogP contribution in [-0.2, 0) is 19.1 Å². The fourth-order valence-corrected chi connectivity index (χ4v) is 6.85. The average molecular weight is 516 g/mol. The van der Waals surface area contributed by atoms with Crippen LogP contribution in [0.5, 0.6) is 0 Å². The molecule has 4 aliphatic heterocycles. The first-order chi connectivity index (χ1) is 18.3. The van der Waals surface area contributed by atoms with E-state index in [1.807, 2.05) is 73.7 Å². The van der Waals surface area contributed by atoms with E-state index in [0.717, 1.165) is 16.5 Å². The topological polar surface area (TPSA) is 90.4 Å². The normalized spacial score (nSPS) is 32.4. The largest absolute Gasteiger partial charge is 0.396 e. The van der Waals surface area contributed by atoms with Gasteiger partial charge in [0.2, 0.25) is 11.8 Å². The van der Waals surface area contributed by atoms with Crippen molar-refractivity contribution in [2.45, 2.75) is 37.0 Å². The molecule has 2 aromatic rings. The van der Waals surface area contributed by atoms with Crippen LogP contribution >= 0.6 is 0 Å². The van der Waals surface area contributed by atoms with Crippen molar-refractivity contribution >= 4 is 34.2 Å². The average Bonchev–Trinajstić information content (AvgIpc) is 3.18. The van der Waals surface area contributed by atoms with E-state index in [1.54, 1.807) is 21.7 Å². The van der Waals surface area contributed by atoms with E-state index in [-0.39, 0.29) is 24.3 Å². The number of rotatable bonds is 5. The van der Waals surface area contributed by atoms with E-state index in [0.29, 0.717) is 32.5 Å². The number of hydrogen-bond donors (Lipinski definition) is 1. The molecule has 0 aliphatic carbocycles. The fraction of sp³-hybridized carbons (Fsp3) is 0.433. The van der Waals surface area contributed by atoms with Crippen molar-refractivity contribution < 1.29 is 24.2 Å². The van der Waals surface area contributed by atoms with Crippen LogP contribution in [-0.4, -0.2) is 83.2 Å². The first-order valence-corrected chi connectivity index (χ1v) is 13.3. The molecule has 8 nitrogen and oxygen atoms in total. The maximum absolute atomic E-state index is 14.5. The van der Waals surface area contributed by atoms with E-state index in [1.165, 1.54) is 0 Å². The number of hydrogen-bond acceptors (Lipinski definition) is 5. The molecule has 4 aliphatic rings. The zero-order chi connectivity index (χ0) is 26.7. The Morgan fingerprint density at radius 2 is 1.68 bits per heavy atom. The van der Waals surface area contributed by atoms with Crippen molar-refractivity contribution in [3.63, 3.8) is 0 Å². The SMILES string of the molecule is CN1CC=C[C@]2(C)O[C@]34C=CCN(c5ccc6ccccc6c5)C(=O)C3N(CCCCO)C(=O)[C@@H]4[C@@H]2C1=O. The molecule has 5 atom stereocenters. The Morgan fingerprint density at radius 3 is 2.47 bits per heavy atom. The summed E-state index contributed by atoms with van der Waals surface area (Å²) in [7, 11) is 1.73. The Balaban J connectivity index is 1.46. The number of aliphatic hydroxyl groups is 1. The van der Waals surface area contributed by atoms with Gasteiger partial charge in [-0.3, -0.25) is 14.4 Å². The molecule has 0 bridgehead atoms. The molecule has 2 aromatic carbocycles. The van der Waals surface area contributed by atoms with Crippen LogP contribution in [0.2, 0.25) is 0 Å². The molecule has 1 N–H and O–H groups in total. The molecule has 6 rings (SSSR count). The van der Waals surface area contributed by atoms with Gasteiger partial charge in [0.05, 0.1) is 17.4 Å². The summed E-state index contributed by atoms with van der Waals surface area (Å²) in [5.41, 5.74) is -1.53. The predicted octanol–water partition coefficient (Wildman–Crippen LogP) is 2.51. The third-order valence-corrected chi connectivity index (χ3v) is 8.61. The Labute approximate surface area is 222 Å². The Morgan fingerprint density at radius 1 is 0.921 bits per heavy atom. The van der Waals surface area contributed by atoms with Crippen molar-refractivity contribution in [2.75, 3.05) is 38.2 Å². The molecular formula is C30H33N3O5. The summed E-state index contributed by atoms with van der Waals surface area (Å²) >= 11 is 0. The second-order valence-corrected chi connectivity index (χ2v) is 11.0. The summed E-state index contributed by atoms with van der Waals surface area (Å²) in [6, 6.07) is 13.0. The van der Waals surface area contributed by atoms with Crippen LogP contribution in [0.25, 0.3) is 10.8 Å². The lowest BCUT2D eigenvalue weighted by Crippen LogP contribution is -2.56. The van der Waals surface area contributed by atoms with Crippen LogP contribution in [0.3, 0.4) is 0 Å². The molecule has 3 amide bonds. The van der Waals surface area contributed by atoms with Crippen molar-refractivity contribution in [3.8, 4) is 0 Å². The number of fused-ring (bicyclic) bond motifs is 3. The number of likely N-dealkylation sites (N-methyl/N-ethyl adjacent to an activating group) is 1. The second kappa shape index (κ2) is 9.06. The van der Waals surface area contributed by atoms with Crippen LogP contribution < -0.4 is 4.90 Å². The van der Waals surface area contributed by atoms with Gasteiger partial charge < -0.3 is 24.5 Å². The lowest BCUT2D eigenvalue weighted by Gasteiger charge is -2.37. The molecule has 1 spiro atoms. The van der Waals surface area contributed by atoms with Crippen molar-refractivity contribution in [3.05, 3.63) is 66.8 Å². The number of carbonyl (C=O) groups excluding carboxylic acids is 3. The van der Waals surface area contributed by atoms with Gasteiger partial charge in [0.15, 0.2) is 0 Å². The molecule has 0 aromatic heterocycles. The summed E-state index contributed by atoms with van der Waals surface area (Å²) in [6.07, 6.45) is 8.61. The number of ether oxygens (including phenoxy) is 1. The molecule has 38 heavy (non-hydrogen) atoms. The van der Waals surface area contributed by atoms with E-state index < -0.39 is 29.1 Å². The third-order valence-electron chi connectivity index (χ3n) is 8.61. The van der Waals surface area contributed by atoms with E-state index in [4.69, 9.17) is 4.74 Å². The lowest BCUT2D eigenvalue weighted by molar-refractivity contribution is -0.148. The van der Waals surface area contributed by atoms with Gasteiger partial charge in [-0.1, -0.05) is 54.6 Å². The molecule has 1 unspecified atom stereocenters. The van der Waals surface area contributed by atoms with Crippen molar-refractivity contribution in [2.24, 2.45) is 11.8 Å². The smallest absolute Gasteiger partial charge is 0.253 e. The standard InChI is InChI=1S/C30H33N3O5/c1-29-13-7-15-31(2)26(35)23(29)24-27(36)33(16-5-6-18-34)25-28(37)32(17-8-14-30(24,25)38-29)22-12-11-20-9-3-4-10-21(20)19-22/h3-4,7-14,19,23-25,34H,5-6,15-18H2,1-2H3/t23-,24+,25?,29+,30+/m1/s1. The number of amides is 3. The van der Waals surface area contributed by atoms with Gasteiger partial charge in [-0.25, -0.2) is 0 Å². The summed E-state index contributed by atoms with van der Waals surface area (Å²) in [4.78, 5) is 47.2. The van der Waals surface area contributed by atoms with Crippen LogP contribution in [0.4, 0.5) is 5.69 Å². The maximum Gasteiger partial charge on any atom is 0.253 e. The van der Waals surface area contributed by atoms with Gasteiger partial charge in [0, 0.05) is 39.0 Å². The highest BCUT2D eigenvalue weighted by molar-refractivity contribution is 6.06. The fourth-order valence-electron chi connectivity index (χ4n) is 6.85. The molecule has 0 saturated carbocycles. The molecular weight excluding hydrogens is 482 g/mol. The first kappa shape index (κ1) is 24.8. The highest BCUT2D eigenvalue weighted by atomic mass is 16.5. The highest BCUT2D eigenvalue weighted by Gasteiger charge is 2.74. The van der Waals surface area contributed by atoms with Gasteiger partial charge in [-0.05, 0) is 42.7 Å². The van der Waals surface area contributed by atoms with E-state index in [2.05, 4.69) is 0 Å². The summed E-state index contributed by atoms with van der Waals surface area (Å²) in [5, 5.41) is 11.5. The predicted molar refractivity (Wildman–Crippen MR) is 143 cm³/mol. The zero-order valence-corrected chi connectivity index (χ0v) is 21.7. The van der Waals surface area contributed by atoms with Crippen molar-refractivity contribution in [1.29, 1.82) is 0 Å². The van der Waals surface area contributed by atoms with Gasteiger partial charge in [-0.15, -0.1) is 0 Å². The zero-order valence-electron chi connectivity index (χ0n) is 21.7. The van der Waals surface area contributed by atoms with Crippen LogP contribution in [0.1, 0.15) is 19.8 Å². The minimum atomic E-state index is -1.27. The maximum atomic E-state index is 14.5. The molecule has 0 radical (unpaired) electrons. The molecule has 198 valence electrons. The van der Waals surface area contributed by atoms with Gasteiger partial charge in [0.25, 0.3) is 5.91 Å². The van der Waals surface area contributed by atoms with Crippen molar-refractivity contribution in [1.82, 2.24) is 9.80 Å². The third kappa shape index (κ3) is 3.54. The number of aliphatic hydroxyl groups excluding tert-OH is 1. The second-order valence-electron chi connectivity index (χ2n) is 11.0. The minimum absolute atomic E-state index is 0.00358. The number of carbonyl (C=O) groups is 3. The minimum Gasteiger partial charge on any atom is -0.396 e. The van der Waals surface area contributed by atoms with E-state index >= 15 is 0 Å². The monoisotopic (exact) mass is 515 g/mol. The van der Waals surface area contributed by atoms with Gasteiger partial charge in [0.1, 0.15) is 11.6 Å². The molecule has 2 saturated heterocycles. The molecule has 4 heterocycles.